The molecule has 0 aliphatic carbocycles. The van der Waals surface area contributed by atoms with Crippen LogP contribution in [-0.4, -0.2) is 28.4 Å². The molecule has 0 aliphatic heterocycles. The van der Waals surface area contributed by atoms with Crippen LogP contribution in [0.3, 0.4) is 0 Å². The normalized spacial score (nSPS) is 11.1. The maximum atomic E-state index is 13.5. The summed E-state index contributed by atoms with van der Waals surface area (Å²) in [6.07, 6.45) is 0. The standard InChI is InChI=1S/C28H25NO5S/c1-19-9-15-23(16-10-19)35(31,32)29-25-18-27(34-3)26(33-2)17-24(25)28(30)22-13-11-21(12-14-22)20-7-5-4-6-8-20/h4-18,29H,1-3H3. The molecule has 0 bridgehead atoms. The maximum absolute atomic E-state index is 13.5. The van der Waals surface area contributed by atoms with Gasteiger partial charge in [-0.25, -0.2) is 8.42 Å². The summed E-state index contributed by atoms with van der Waals surface area (Å²) >= 11 is 0. The Balaban J connectivity index is 1.74. The van der Waals surface area contributed by atoms with Gasteiger partial charge in [0.15, 0.2) is 17.3 Å². The molecule has 7 heteroatoms. The van der Waals surface area contributed by atoms with E-state index in [2.05, 4.69) is 4.72 Å². The number of ketones is 1. The zero-order valence-electron chi connectivity index (χ0n) is 19.6. The quantitative estimate of drug-likeness (QED) is 0.322. The van der Waals surface area contributed by atoms with Crippen molar-refractivity contribution in [3.05, 3.63) is 108 Å². The minimum Gasteiger partial charge on any atom is -0.493 e. The highest BCUT2D eigenvalue weighted by atomic mass is 32.2. The van der Waals surface area contributed by atoms with Crippen molar-refractivity contribution < 1.29 is 22.7 Å². The number of anilines is 1. The summed E-state index contributed by atoms with van der Waals surface area (Å²) in [5.74, 6) is 0.257. The van der Waals surface area contributed by atoms with Gasteiger partial charge >= 0.3 is 0 Å². The van der Waals surface area contributed by atoms with Gasteiger partial charge in [-0.1, -0.05) is 72.3 Å². The first-order valence-electron chi connectivity index (χ1n) is 10.9. The molecule has 178 valence electrons. The van der Waals surface area contributed by atoms with Crippen LogP contribution in [0.4, 0.5) is 5.69 Å². The van der Waals surface area contributed by atoms with E-state index in [0.29, 0.717) is 17.1 Å². The van der Waals surface area contributed by atoms with E-state index in [1.807, 2.05) is 49.4 Å². The van der Waals surface area contributed by atoms with Crippen molar-refractivity contribution in [3.8, 4) is 22.6 Å². The molecule has 0 aliphatic rings. The molecular formula is C28H25NO5S. The largest absolute Gasteiger partial charge is 0.493 e. The number of nitrogens with one attached hydrogen (secondary N) is 1. The Bertz CT molecular complexity index is 1450. The zero-order chi connectivity index (χ0) is 25.0. The van der Waals surface area contributed by atoms with Crippen LogP contribution in [0.25, 0.3) is 11.1 Å². The predicted molar refractivity (Wildman–Crippen MR) is 137 cm³/mol. The van der Waals surface area contributed by atoms with Gasteiger partial charge in [0.05, 0.1) is 30.4 Å². The van der Waals surface area contributed by atoms with Gasteiger partial charge in [-0.2, -0.15) is 0 Å². The van der Waals surface area contributed by atoms with Crippen LogP contribution < -0.4 is 14.2 Å². The molecule has 0 heterocycles. The molecule has 1 N–H and O–H groups in total. The number of hydrogen-bond donors (Lipinski definition) is 1. The van der Waals surface area contributed by atoms with E-state index in [1.165, 1.54) is 38.5 Å². The van der Waals surface area contributed by atoms with E-state index in [0.717, 1.165) is 16.7 Å². The average Bonchev–Trinajstić information content (AvgIpc) is 2.88. The summed E-state index contributed by atoms with van der Waals surface area (Å²) in [6.45, 7) is 1.87. The second-order valence-corrected chi connectivity index (χ2v) is 9.63. The average molecular weight is 488 g/mol. The van der Waals surface area contributed by atoms with Crippen molar-refractivity contribution >= 4 is 21.5 Å². The Morgan fingerprint density at radius 2 is 1.31 bits per heavy atom. The number of benzene rings is 4. The van der Waals surface area contributed by atoms with Crippen molar-refractivity contribution in [3.63, 3.8) is 0 Å². The predicted octanol–water partition coefficient (Wildman–Crippen LogP) is 5.71. The van der Waals surface area contributed by atoms with E-state index < -0.39 is 10.0 Å². The third kappa shape index (κ3) is 5.20. The van der Waals surface area contributed by atoms with E-state index in [-0.39, 0.29) is 21.9 Å². The first kappa shape index (κ1) is 24.0. The van der Waals surface area contributed by atoms with E-state index in [4.69, 9.17) is 9.47 Å². The summed E-state index contributed by atoms with van der Waals surface area (Å²) in [5, 5.41) is 0. The number of methoxy groups -OCH3 is 2. The molecule has 0 radical (unpaired) electrons. The Labute approximate surface area is 205 Å². The molecule has 0 unspecified atom stereocenters. The van der Waals surface area contributed by atoms with Crippen LogP contribution in [0.2, 0.25) is 0 Å². The van der Waals surface area contributed by atoms with Crippen molar-refractivity contribution in [2.75, 3.05) is 18.9 Å². The molecule has 0 amide bonds. The van der Waals surface area contributed by atoms with Crippen molar-refractivity contribution in [2.45, 2.75) is 11.8 Å². The molecule has 6 nitrogen and oxygen atoms in total. The molecule has 0 fully saturated rings. The molecule has 0 aromatic heterocycles. The van der Waals surface area contributed by atoms with E-state index in [9.17, 15) is 13.2 Å². The Morgan fingerprint density at radius 1 is 0.743 bits per heavy atom. The number of ether oxygens (including phenoxy) is 2. The van der Waals surface area contributed by atoms with Gasteiger partial charge in [0.1, 0.15) is 0 Å². The van der Waals surface area contributed by atoms with Gasteiger partial charge in [0.25, 0.3) is 10.0 Å². The Kier molecular flexibility index (Phi) is 6.89. The number of rotatable bonds is 8. The van der Waals surface area contributed by atoms with Crippen LogP contribution in [0.15, 0.2) is 95.9 Å². The fourth-order valence-electron chi connectivity index (χ4n) is 3.67. The van der Waals surface area contributed by atoms with Crippen LogP contribution in [0.5, 0.6) is 11.5 Å². The highest BCUT2D eigenvalue weighted by Gasteiger charge is 2.23. The summed E-state index contributed by atoms with van der Waals surface area (Å²) in [7, 11) is -1.05. The molecular weight excluding hydrogens is 462 g/mol. The molecule has 0 spiro atoms. The number of aryl methyl sites for hydroxylation is 1. The van der Waals surface area contributed by atoms with Gasteiger partial charge in [-0.05, 0) is 36.2 Å². The highest BCUT2D eigenvalue weighted by molar-refractivity contribution is 7.92. The van der Waals surface area contributed by atoms with Crippen molar-refractivity contribution in [2.24, 2.45) is 0 Å². The van der Waals surface area contributed by atoms with Gasteiger partial charge in [-0.3, -0.25) is 9.52 Å². The maximum Gasteiger partial charge on any atom is 0.261 e. The number of carbonyl (C=O) groups is 1. The van der Waals surface area contributed by atoms with E-state index in [1.54, 1.807) is 24.3 Å². The molecule has 0 atom stereocenters. The third-order valence-electron chi connectivity index (χ3n) is 5.60. The van der Waals surface area contributed by atoms with Crippen LogP contribution in [-0.2, 0) is 10.0 Å². The van der Waals surface area contributed by atoms with Crippen LogP contribution in [0, 0.1) is 6.92 Å². The molecule has 0 saturated heterocycles. The van der Waals surface area contributed by atoms with Gasteiger partial charge in [0, 0.05) is 11.6 Å². The van der Waals surface area contributed by atoms with Gasteiger partial charge < -0.3 is 9.47 Å². The summed E-state index contributed by atoms with van der Waals surface area (Å²) in [6, 6.07) is 26.4. The lowest BCUT2D eigenvalue weighted by atomic mass is 9.98. The SMILES string of the molecule is COc1cc(NS(=O)(=O)c2ccc(C)cc2)c(C(=O)c2ccc(-c3ccccc3)cc2)cc1OC. The number of carbonyl (C=O) groups excluding carboxylic acids is 1. The first-order valence-corrected chi connectivity index (χ1v) is 12.4. The minimum atomic E-state index is -3.95. The number of sulfonamides is 1. The van der Waals surface area contributed by atoms with Crippen molar-refractivity contribution in [1.82, 2.24) is 0 Å². The number of hydrogen-bond acceptors (Lipinski definition) is 5. The Morgan fingerprint density at radius 3 is 1.91 bits per heavy atom. The Hall–Kier alpha value is -4.10. The van der Waals surface area contributed by atoms with E-state index >= 15 is 0 Å². The second kappa shape index (κ2) is 10.0. The van der Waals surface area contributed by atoms with Gasteiger partial charge in [0.2, 0.25) is 0 Å². The minimum absolute atomic E-state index is 0.0866. The third-order valence-corrected chi connectivity index (χ3v) is 6.98. The van der Waals surface area contributed by atoms with Crippen molar-refractivity contribution in [1.29, 1.82) is 0 Å². The monoisotopic (exact) mass is 487 g/mol. The fourth-order valence-corrected chi connectivity index (χ4v) is 4.74. The lowest BCUT2D eigenvalue weighted by Crippen LogP contribution is -2.16. The fraction of sp³-hybridized carbons (Fsp3) is 0.107. The van der Waals surface area contributed by atoms with Crippen LogP contribution in [0.1, 0.15) is 21.5 Å². The molecule has 4 rings (SSSR count). The molecule has 0 saturated carbocycles. The molecule has 4 aromatic rings. The van der Waals surface area contributed by atoms with Crippen LogP contribution >= 0.6 is 0 Å². The zero-order valence-corrected chi connectivity index (χ0v) is 20.4. The van der Waals surface area contributed by atoms with Gasteiger partial charge in [-0.15, -0.1) is 0 Å². The molecule has 35 heavy (non-hydrogen) atoms. The summed E-state index contributed by atoms with van der Waals surface area (Å²) in [4.78, 5) is 13.6. The second-order valence-electron chi connectivity index (χ2n) is 7.94. The highest BCUT2D eigenvalue weighted by Crippen LogP contribution is 2.36. The smallest absolute Gasteiger partial charge is 0.261 e. The lowest BCUT2D eigenvalue weighted by Gasteiger charge is -2.16. The summed E-state index contributed by atoms with van der Waals surface area (Å²) < 4.78 is 39.4. The molecule has 4 aromatic carbocycles. The lowest BCUT2D eigenvalue weighted by molar-refractivity contribution is 0.103. The first-order chi connectivity index (χ1) is 16.8. The summed E-state index contributed by atoms with van der Waals surface area (Å²) in [5.41, 5.74) is 3.59. The topological polar surface area (TPSA) is 81.7 Å².